The first kappa shape index (κ1) is 14.0. The summed E-state index contributed by atoms with van der Waals surface area (Å²) in [5, 5.41) is 10.6. The Kier molecular flexibility index (Phi) is 4.54. The Morgan fingerprint density at radius 3 is 2.59 bits per heavy atom. The molecule has 1 rings (SSSR count). The monoisotopic (exact) mass is 256 g/mol. The molecule has 4 heteroatoms. The summed E-state index contributed by atoms with van der Waals surface area (Å²) in [5.41, 5.74) is 2.02. The molecule has 0 amide bonds. The second-order valence-corrected chi connectivity index (χ2v) is 4.35. The van der Waals surface area contributed by atoms with Crippen LogP contribution in [0.15, 0.2) is 6.07 Å². The number of hydrogen-bond donors (Lipinski definition) is 1. The highest BCUT2D eigenvalue weighted by atomic mass is 35.5. The zero-order valence-corrected chi connectivity index (χ0v) is 11.3. The van der Waals surface area contributed by atoms with E-state index < -0.39 is 6.10 Å². The Morgan fingerprint density at radius 2 is 2.12 bits per heavy atom. The van der Waals surface area contributed by atoms with Crippen LogP contribution in [0.4, 0.5) is 0 Å². The number of rotatable bonds is 4. The van der Waals surface area contributed by atoms with E-state index in [-0.39, 0.29) is 12.2 Å². The van der Waals surface area contributed by atoms with Crippen LogP contribution < -0.4 is 4.74 Å². The fourth-order valence-electron chi connectivity index (χ4n) is 1.80. The average molecular weight is 257 g/mol. The van der Waals surface area contributed by atoms with Gasteiger partial charge in [-0.1, -0.05) is 18.5 Å². The van der Waals surface area contributed by atoms with Gasteiger partial charge in [-0.05, 0) is 31.0 Å². The predicted molar refractivity (Wildman–Crippen MR) is 67.7 cm³/mol. The van der Waals surface area contributed by atoms with Crippen molar-refractivity contribution in [2.24, 2.45) is 0 Å². The van der Waals surface area contributed by atoms with Crippen molar-refractivity contribution in [3.63, 3.8) is 0 Å². The van der Waals surface area contributed by atoms with Gasteiger partial charge >= 0.3 is 0 Å². The minimum absolute atomic E-state index is 0.244. The summed E-state index contributed by atoms with van der Waals surface area (Å²) < 4.78 is 5.21. The van der Waals surface area contributed by atoms with E-state index in [9.17, 15) is 9.90 Å². The predicted octanol–water partition coefficient (Wildman–Crippen LogP) is 2.98. The van der Waals surface area contributed by atoms with Gasteiger partial charge < -0.3 is 9.84 Å². The molecule has 17 heavy (non-hydrogen) atoms. The van der Waals surface area contributed by atoms with Crippen molar-refractivity contribution < 1.29 is 14.6 Å². The molecular weight excluding hydrogens is 240 g/mol. The average Bonchev–Trinajstić information content (AvgIpc) is 2.33. The molecule has 0 saturated heterocycles. The van der Waals surface area contributed by atoms with Crippen LogP contribution in [-0.2, 0) is 4.79 Å². The second kappa shape index (κ2) is 5.52. The van der Waals surface area contributed by atoms with Crippen LogP contribution >= 0.6 is 11.6 Å². The number of benzene rings is 1. The smallest absolute Gasteiger partial charge is 0.165 e. The van der Waals surface area contributed by atoms with Crippen LogP contribution in [0, 0.1) is 13.8 Å². The number of Topliss-reactive ketones (excluding diaryl/α,β-unsaturated/α-hetero) is 1. The van der Waals surface area contributed by atoms with Crippen LogP contribution in [0.1, 0.15) is 36.1 Å². The molecule has 0 spiro atoms. The Labute approximate surface area is 106 Å². The first-order valence-corrected chi connectivity index (χ1v) is 5.86. The number of ether oxygens (including phenoxy) is 1. The lowest BCUT2D eigenvalue weighted by Gasteiger charge is -2.18. The lowest BCUT2D eigenvalue weighted by atomic mass is 9.96. The molecule has 0 bridgehead atoms. The van der Waals surface area contributed by atoms with Crippen molar-refractivity contribution in [1.29, 1.82) is 0 Å². The molecular formula is C13H17ClO3. The van der Waals surface area contributed by atoms with Gasteiger partial charge in [0.1, 0.15) is 11.9 Å². The highest BCUT2D eigenvalue weighted by Gasteiger charge is 2.24. The lowest BCUT2D eigenvalue weighted by Crippen LogP contribution is -2.13. The number of aliphatic hydroxyl groups is 1. The highest BCUT2D eigenvalue weighted by molar-refractivity contribution is 6.32. The van der Waals surface area contributed by atoms with E-state index in [4.69, 9.17) is 16.3 Å². The molecule has 94 valence electrons. The summed E-state index contributed by atoms with van der Waals surface area (Å²) in [4.78, 5) is 11.6. The summed E-state index contributed by atoms with van der Waals surface area (Å²) in [7, 11) is 1.51. The SMILES string of the molecule is CCC(=O)C(O)c1c(OC)cc(C)c(Cl)c1C. The van der Waals surface area contributed by atoms with Crippen LogP contribution in [-0.4, -0.2) is 18.0 Å². The van der Waals surface area contributed by atoms with Gasteiger partial charge in [-0.2, -0.15) is 0 Å². The maximum atomic E-state index is 11.6. The minimum Gasteiger partial charge on any atom is -0.496 e. The van der Waals surface area contributed by atoms with E-state index in [1.54, 1.807) is 19.9 Å². The molecule has 0 radical (unpaired) electrons. The molecule has 0 aliphatic rings. The molecule has 1 aromatic carbocycles. The normalized spacial score (nSPS) is 12.4. The fourth-order valence-corrected chi connectivity index (χ4v) is 1.96. The number of aliphatic hydroxyl groups excluding tert-OH is 1. The molecule has 3 nitrogen and oxygen atoms in total. The zero-order chi connectivity index (χ0) is 13.2. The van der Waals surface area contributed by atoms with Crippen molar-refractivity contribution in [1.82, 2.24) is 0 Å². The Bertz CT molecular complexity index is 441. The molecule has 0 saturated carbocycles. The Morgan fingerprint density at radius 1 is 1.53 bits per heavy atom. The van der Waals surface area contributed by atoms with Crippen LogP contribution in [0.3, 0.4) is 0 Å². The first-order chi connectivity index (χ1) is 7.93. The quantitative estimate of drug-likeness (QED) is 0.901. The van der Waals surface area contributed by atoms with E-state index >= 15 is 0 Å². The summed E-state index contributed by atoms with van der Waals surface area (Å²) in [6.45, 7) is 5.35. The van der Waals surface area contributed by atoms with Crippen molar-refractivity contribution in [3.8, 4) is 5.75 Å². The molecule has 0 aliphatic carbocycles. The fraction of sp³-hybridized carbons (Fsp3) is 0.462. The number of aryl methyl sites for hydroxylation is 1. The third-order valence-electron chi connectivity index (χ3n) is 2.84. The zero-order valence-electron chi connectivity index (χ0n) is 10.5. The van der Waals surface area contributed by atoms with Gasteiger partial charge in [0.2, 0.25) is 0 Å². The summed E-state index contributed by atoms with van der Waals surface area (Å²) in [6.07, 6.45) is -0.900. The maximum Gasteiger partial charge on any atom is 0.165 e. The standard InChI is InChI=1S/C13H17ClO3/c1-5-9(15)13(16)11-8(3)12(14)7(2)6-10(11)17-4/h6,13,16H,5H2,1-4H3. The highest BCUT2D eigenvalue weighted by Crippen LogP contribution is 2.36. The van der Waals surface area contributed by atoms with Crippen molar-refractivity contribution >= 4 is 17.4 Å². The number of carbonyl (C=O) groups is 1. The summed E-state index contributed by atoms with van der Waals surface area (Å²) >= 11 is 6.13. The van der Waals surface area contributed by atoms with Gasteiger partial charge in [0.05, 0.1) is 7.11 Å². The van der Waals surface area contributed by atoms with Gasteiger partial charge in [0.15, 0.2) is 5.78 Å². The number of methoxy groups -OCH3 is 1. The van der Waals surface area contributed by atoms with E-state index in [1.807, 2.05) is 6.92 Å². The molecule has 1 unspecified atom stereocenters. The van der Waals surface area contributed by atoms with Crippen LogP contribution in [0.5, 0.6) is 5.75 Å². The summed E-state index contributed by atoms with van der Waals surface area (Å²) in [6, 6.07) is 1.73. The van der Waals surface area contributed by atoms with Gasteiger partial charge in [0.25, 0.3) is 0 Å². The van der Waals surface area contributed by atoms with Crippen molar-refractivity contribution in [2.45, 2.75) is 33.3 Å². The molecule has 0 aliphatic heterocycles. The Balaban J connectivity index is 3.40. The topological polar surface area (TPSA) is 46.5 Å². The molecule has 0 fully saturated rings. The molecule has 0 heterocycles. The first-order valence-electron chi connectivity index (χ1n) is 5.48. The van der Waals surface area contributed by atoms with E-state index in [0.29, 0.717) is 21.9 Å². The van der Waals surface area contributed by atoms with Crippen molar-refractivity contribution in [2.75, 3.05) is 7.11 Å². The van der Waals surface area contributed by atoms with Gasteiger partial charge in [-0.25, -0.2) is 0 Å². The molecule has 1 aromatic rings. The van der Waals surface area contributed by atoms with E-state index in [1.165, 1.54) is 7.11 Å². The van der Waals surface area contributed by atoms with Crippen LogP contribution in [0.2, 0.25) is 5.02 Å². The molecule has 1 atom stereocenters. The third-order valence-corrected chi connectivity index (χ3v) is 3.42. The van der Waals surface area contributed by atoms with Crippen LogP contribution in [0.25, 0.3) is 0 Å². The lowest BCUT2D eigenvalue weighted by molar-refractivity contribution is -0.127. The number of hydrogen-bond acceptors (Lipinski definition) is 3. The molecule has 0 aromatic heterocycles. The maximum absolute atomic E-state index is 11.6. The second-order valence-electron chi connectivity index (χ2n) is 3.97. The van der Waals surface area contributed by atoms with Gasteiger partial charge in [-0.15, -0.1) is 0 Å². The van der Waals surface area contributed by atoms with E-state index in [2.05, 4.69) is 0 Å². The number of carbonyl (C=O) groups excluding carboxylic acids is 1. The number of halogens is 1. The van der Waals surface area contributed by atoms with Crippen molar-refractivity contribution in [3.05, 3.63) is 27.8 Å². The Hall–Kier alpha value is -1.06. The number of ketones is 1. The summed E-state index contributed by atoms with van der Waals surface area (Å²) in [5.74, 6) is 0.255. The largest absolute Gasteiger partial charge is 0.496 e. The van der Waals surface area contributed by atoms with E-state index in [0.717, 1.165) is 5.56 Å². The van der Waals surface area contributed by atoms with Gasteiger partial charge in [0, 0.05) is 17.0 Å². The van der Waals surface area contributed by atoms with Gasteiger partial charge in [-0.3, -0.25) is 4.79 Å². The third kappa shape index (κ3) is 2.61. The minimum atomic E-state index is -1.17. The molecule has 1 N–H and O–H groups in total.